The summed E-state index contributed by atoms with van der Waals surface area (Å²) in [6.45, 7) is 7.81. The molecule has 1 aliphatic heterocycles. The van der Waals surface area contributed by atoms with Crippen LogP contribution in [0.25, 0.3) is 0 Å². The molecule has 0 radical (unpaired) electrons. The molecule has 0 bridgehead atoms. The summed E-state index contributed by atoms with van der Waals surface area (Å²) in [6.07, 6.45) is 0. The number of carbonyl (C=O) groups is 1. The Morgan fingerprint density at radius 3 is 2.60 bits per heavy atom. The van der Waals surface area contributed by atoms with Gasteiger partial charge in [0.15, 0.2) is 0 Å². The molecule has 0 spiro atoms. The largest absolute Gasteiger partial charge is 0.486 e. The molecular formula is C21H23ClN4O3S. The van der Waals surface area contributed by atoms with E-state index < -0.39 is 0 Å². The minimum atomic E-state index is 0.0414. The molecule has 4 rings (SSSR count). The average Bonchev–Trinajstić information content (AvgIpc) is 3.32. The van der Waals surface area contributed by atoms with Crippen molar-refractivity contribution in [1.29, 1.82) is 0 Å². The Morgan fingerprint density at radius 2 is 1.93 bits per heavy atom. The highest BCUT2D eigenvalue weighted by atomic mass is 35.5. The molecule has 0 N–H and O–H groups in total. The van der Waals surface area contributed by atoms with E-state index in [4.69, 9.17) is 20.9 Å². The lowest BCUT2D eigenvalue weighted by Gasteiger charge is -2.34. The van der Waals surface area contributed by atoms with Crippen LogP contribution < -0.4 is 4.74 Å². The third-order valence-corrected chi connectivity index (χ3v) is 6.30. The normalized spacial score (nSPS) is 14.8. The molecule has 1 amide bonds. The molecule has 0 saturated carbocycles. The first kappa shape index (κ1) is 20.8. The highest BCUT2D eigenvalue weighted by molar-refractivity contribution is 7.13. The van der Waals surface area contributed by atoms with Gasteiger partial charge in [-0.3, -0.25) is 9.69 Å². The van der Waals surface area contributed by atoms with Crippen LogP contribution in [0.4, 0.5) is 0 Å². The maximum atomic E-state index is 13.0. The van der Waals surface area contributed by atoms with Crippen LogP contribution in [0, 0.1) is 13.8 Å². The average molecular weight is 447 g/mol. The van der Waals surface area contributed by atoms with Crippen molar-refractivity contribution in [2.24, 2.45) is 0 Å². The molecule has 0 atom stereocenters. The van der Waals surface area contributed by atoms with Crippen molar-refractivity contribution in [2.45, 2.75) is 27.0 Å². The maximum Gasteiger partial charge on any atom is 0.265 e. The van der Waals surface area contributed by atoms with Gasteiger partial charge in [-0.2, -0.15) is 0 Å². The van der Waals surface area contributed by atoms with Crippen molar-refractivity contribution in [2.75, 3.05) is 26.2 Å². The summed E-state index contributed by atoms with van der Waals surface area (Å²) >= 11 is 7.29. The van der Waals surface area contributed by atoms with Crippen LogP contribution in [0.3, 0.4) is 0 Å². The molecule has 1 aliphatic rings. The molecule has 3 heterocycles. The highest BCUT2D eigenvalue weighted by Crippen LogP contribution is 2.23. The van der Waals surface area contributed by atoms with Crippen LogP contribution in [0.2, 0.25) is 5.02 Å². The third kappa shape index (κ3) is 5.00. The Kier molecular flexibility index (Phi) is 6.36. The number of aromatic nitrogens is 2. The van der Waals surface area contributed by atoms with Gasteiger partial charge in [0.1, 0.15) is 28.0 Å². The zero-order valence-electron chi connectivity index (χ0n) is 16.9. The first-order valence-corrected chi connectivity index (χ1v) is 11.0. The number of carbonyl (C=O) groups excluding carboxylic acids is 1. The van der Waals surface area contributed by atoms with Crippen molar-refractivity contribution >= 4 is 28.8 Å². The van der Waals surface area contributed by atoms with E-state index in [0.717, 1.165) is 47.5 Å². The third-order valence-electron chi connectivity index (χ3n) is 4.93. The van der Waals surface area contributed by atoms with E-state index in [1.165, 1.54) is 11.3 Å². The van der Waals surface area contributed by atoms with Gasteiger partial charge in [0.05, 0.1) is 11.4 Å². The van der Waals surface area contributed by atoms with E-state index in [0.29, 0.717) is 29.6 Å². The first-order valence-electron chi connectivity index (χ1n) is 9.76. The van der Waals surface area contributed by atoms with Crippen LogP contribution in [0.1, 0.15) is 31.8 Å². The lowest BCUT2D eigenvalue weighted by atomic mass is 10.2. The second-order valence-corrected chi connectivity index (χ2v) is 8.78. The highest BCUT2D eigenvalue weighted by Gasteiger charge is 2.26. The van der Waals surface area contributed by atoms with Gasteiger partial charge in [0.25, 0.3) is 5.91 Å². The van der Waals surface area contributed by atoms with Gasteiger partial charge < -0.3 is 14.2 Å². The molecule has 9 heteroatoms. The maximum absolute atomic E-state index is 13.0. The van der Waals surface area contributed by atoms with Crippen LogP contribution in [-0.2, 0) is 13.2 Å². The second-order valence-electron chi connectivity index (χ2n) is 7.26. The van der Waals surface area contributed by atoms with Crippen LogP contribution in [-0.4, -0.2) is 52.0 Å². The topological polar surface area (TPSA) is 71.7 Å². The van der Waals surface area contributed by atoms with Gasteiger partial charge in [-0.05, 0) is 38.1 Å². The monoisotopic (exact) mass is 446 g/mol. The molecule has 3 aromatic rings. The van der Waals surface area contributed by atoms with E-state index in [1.54, 1.807) is 12.1 Å². The van der Waals surface area contributed by atoms with Gasteiger partial charge in [-0.15, -0.1) is 11.3 Å². The van der Waals surface area contributed by atoms with E-state index >= 15 is 0 Å². The van der Waals surface area contributed by atoms with Crippen molar-refractivity contribution in [3.05, 3.63) is 62.4 Å². The van der Waals surface area contributed by atoms with Crippen molar-refractivity contribution in [3.8, 4) is 5.75 Å². The minimum absolute atomic E-state index is 0.0414. The van der Waals surface area contributed by atoms with E-state index in [2.05, 4.69) is 15.0 Å². The molecule has 158 valence electrons. The summed E-state index contributed by atoms with van der Waals surface area (Å²) < 4.78 is 10.9. The fourth-order valence-electron chi connectivity index (χ4n) is 3.36. The van der Waals surface area contributed by atoms with Crippen molar-refractivity contribution < 1.29 is 14.1 Å². The number of nitrogens with zero attached hydrogens (tertiary/aromatic N) is 4. The zero-order valence-corrected chi connectivity index (χ0v) is 18.5. The molecule has 1 fully saturated rings. The summed E-state index contributed by atoms with van der Waals surface area (Å²) in [5, 5.41) is 5.49. The summed E-state index contributed by atoms with van der Waals surface area (Å²) in [6, 6.07) is 9.14. The summed E-state index contributed by atoms with van der Waals surface area (Å²) in [4.78, 5) is 22.4. The summed E-state index contributed by atoms with van der Waals surface area (Å²) in [7, 11) is 0. The minimum Gasteiger partial charge on any atom is -0.486 e. The number of amides is 1. The van der Waals surface area contributed by atoms with Gasteiger partial charge in [-0.1, -0.05) is 16.8 Å². The van der Waals surface area contributed by atoms with E-state index in [-0.39, 0.29) is 5.91 Å². The van der Waals surface area contributed by atoms with E-state index in [9.17, 15) is 4.79 Å². The second kappa shape index (κ2) is 9.16. The van der Waals surface area contributed by atoms with Crippen molar-refractivity contribution in [1.82, 2.24) is 19.9 Å². The number of hydrogen-bond donors (Lipinski definition) is 0. The number of rotatable bonds is 6. The Balaban J connectivity index is 1.31. The number of hydrogen-bond acceptors (Lipinski definition) is 7. The van der Waals surface area contributed by atoms with Gasteiger partial charge >= 0.3 is 0 Å². The Hall–Kier alpha value is -2.42. The molecule has 7 nitrogen and oxygen atoms in total. The number of halogens is 1. The molecule has 30 heavy (non-hydrogen) atoms. The Bertz CT molecular complexity index is 1010. The molecule has 0 unspecified atom stereocenters. The number of piperazine rings is 1. The van der Waals surface area contributed by atoms with Crippen molar-refractivity contribution in [3.63, 3.8) is 0 Å². The smallest absolute Gasteiger partial charge is 0.265 e. The van der Waals surface area contributed by atoms with Crippen LogP contribution >= 0.6 is 22.9 Å². The molecule has 1 saturated heterocycles. The Morgan fingerprint density at radius 1 is 1.20 bits per heavy atom. The van der Waals surface area contributed by atoms with Gasteiger partial charge in [0.2, 0.25) is 0 Å². The zero-order chi connectivity index (χ0) is 21.1. The predicted octanol–water partition coefficient (Wildman–Crippen LogP) is 3.94. The fourth-order valence-corrected chi connectivity index (χ4v) is 4.43. The first-order chi connectivity index (χ1) is 14.5. The molecule has 2 aromatic heterocycles. The molecule has 1 aromatic carbocycles. The predicted molar refractivity (Wildman–Crippen MR) is 115 cm³/mol. The number of thiazole rings is 1. The number of ether oxygens (including phenoxy) is 1. The van der Waals surface area contributed by atoms with Gasteiger partial charge in [-0.25, -0.2) is 4.98 Å². The van der Waals surface area contributed by atoms with Crippen LogP contribution in [0.15, 0.2) is 34.9 Å². The lowest BCUT2D eigenvalue weighted by molar-refractivity contribution is 0.0629. The quantitative estimate of drug-likeness (QED) is 0.571. The van der Waals surface area contributed by atoms with Crippen LogP contribution in [0.5, 0.6) is 5.75 Å². The van der Waals surface area contributed by atoms with E-state index in [1.807, 2.05) is 36.9 Å². The summed E-state index contributed by atoms with van der Waals surface area (Å²) in [5.74, 6) is 1.58. The SMILES string of the molecule is Cc1cc(CN2CCN(C(=O)c3sc(COc4ccc(Cl)cc4)nc3C)CC2)no1. The summed E-state index contributed by atoms with van der Waals surface area (Å²) in [5.41, 5.74) is 1.68. The molecule has 0 aliphatic carbocycles. The number of benzene rings is 1. The van der Waals surface area contributed by atoms with Gasteiger partial charge in [0, 0.05) is 43.8 Å². The lowest BCUT2D eigenvalue weighted by Crippen LogP contribution is -2.48. The fraction of sp³-hybridized carbons (Fsp3) is 0.381. The Labute approximate surface area is 184 Å². The number of aryl methyl sites for hydroxylation is 2. The standard InChI is InChI=1S/C21H23ClN4O3S/c1-14-11-17(24-29-14)12-25-7-9-26(10-8-25)21(27)20-15(2)23-19(30-20)13-28-18-5-3-16(22)4-6-18/h3-6,11H,7-10,12-13H2,1-2H3. The molecular weight excluding hydrogens is 424 g/mol.